The number of aliphatic hydroxyl groups is 1. The van der Waals surface area contributed by atoms with Crippen LogP contribution in [0.1, 0.15) is 24.1 Å². The molecule has 2 heterocycles. The monoisotopic (exact) mass is 478 g/mol. The van der Waals surface area contributed by atoms with Gasteiger partial charge in [0.1, 0.15) is 11.5 Å². The first-order chi connectivity index (χ1) is 15.0. The minimum atomic E-state index is -0.782. The number of hydrogen-bond acceptors (Lipinski definition) is 5. The molecule has 1 unspecified atom stereocenters. The molecular weight excluding hydrogens is 460 g/mol. The number of hydrogen-bond donors (Lipinski definition) is 1. The van der Waals surface area contributed by atoms with Gasteiger partial charge in [-0.15, -0.1) is 0 Å². The maximum Gasteiger partial charge on any atom is 0.300 e. The van der Waals surface area contributed by atoms with Crippen molar-refractivity contribution in [3.63, 3.8) is 0 Å². The van der Waals surface area contributed by atoms with Crippen LogP contribution in [0.25, 0.3) is 5.76 Å². The molecule has 6 nitrogen and oxygen atoms in total. The topological polar surface area (TPSA) is 79.7 Å². The van der Waals surface area contributed by atoms with Crippen molar-refractivity contribution < 1.29 is 19.4 Å². The van der Waals surface area contributed by atoms with Crippen LogP contribution < -0.4 is 9.64 Å². The molecule has 7 heteroatoms. The van der Waals surface area contributed by atoms with Crippen LogP contribution in [0.3, 0.4) is 0 Å². The van der Waals surface area contributed by atoms with Gasteiger partial charge < -0.3 is 9.84 Å². The molecule has 1 aliphatic heterocycles. The molecule has 0 saturated carbocycles. The summed E-state index contributed by atoms with van der Waals surface area (Å²) in [4.78, 5) is 31.5. The van der Waals surface area contributed by atoms with E-state index < -0.39 is 17.7 Å². The van der Waals surface area contributed by atoms with Gasteiger partial charge in [-0.1, -0.05) is 15.9 Å². The number of amides is 1. The number of nitrogens with zero attached hydrogens (tertiary/aromatic N) is 2. The Bertz CT molecular complexity index is 1140. The van der Waals surface area contributed by atoms with Crippen molar-refractivity contribution in [3.8, 4) is 5.75 Å². The van der Waals surface area contributed by atoms with Crippen molar-refractivity contribution in [1.82, 2.24) is 4.98 Å². The molecule has 1 atom stereocenters. The zero-order valence-corrected chi connectivity index (χ0v) is 18.2. The third kappa shape index (κ3) is 3.96. The number of ether oxygens (including phenoxy) is 1. The van der Waals surface area contributed by atoms with Crippen LogP contribution in [0.4, 0.5) is 5.69 Å². The second kappa shape index (κ2) is 8.73. The quantitative estimate of drug-likeness (QED) is 0.321. The van der Waals surface area contributed by atoms with Gasteiger partial charge in [0.05, 0.1) is 18.2 Å². The summed E-state index contributed by atoms with van der Waals surface area (Å²) in [5, 5.41) is 11.1. The summed E-state index contributed by atoms with van der Waals surface area (Å²) < 4.78 is 6.29. The van der Waals surface area contributed by atoms with Crippen LogP contribution in [0, 0.1) is 0 Å². The molecule has 0 aliphatic carbocycles. The van der Waals surface area contributed by atoms with E-state index in [9.17, 15) is 14.7 Å². The maximum absolute atomic E-state index is 13.1. The standard InChI is InChI=1S/C24H19BrN2O4/c1-2-31-19-9-3-16(4-10-19)22(28)20-21(15-11-13-26-14-12-15)27(24(30)23(20)29)18-7-5-17(25)6-8-18/h3-14,21,28H,2H2,1H3/b22-20-. The minimum Gasteiger partial charge on any atom is -0.507 e. The highest BCUT2D eigenvalue weighted by Gasteiger charge is 2.46. The molecule has 1 fully saturated rings. The van der Waals surface area contributed by atoms with Gasteiger partial charge in [-0.2, -0.15) is 0 Å². The summed E-state index contributed by atoms with van der Waals surface area (Å²) in [6, 6.07) is 16.5. The number of carbonyl (C=O) groups excluding carboxylic acids is 2. The number of carbonyl (C=O) groups is 2. The number of benzene rings is 2. The highest BCUT2D eigenvalue weighted by atomic mass is 79.9. The summed E-state index contributed by atoms with van der Waals surface area (Å²) in [6.07, 6.45) is 3.18. The third-order valence-electron chi connectivity index (χ3n) is 5.01. The van der Waals surface area contributed by atoms with E-state index in [1.165, 1.54) is 4.90 Å². The van der Waals surface area contributed by atoms with Crippen molar-refractivity contribution in [3.05, 3.63) is 94.2 Å². The van der Waals surface area contributed by atoms with Gasteiger partial charge in [0.15, 0.2) is 0 Å². The molecule has 1 saturated heterocycles. The molecule has 0 spiro atoms. The number of pyridine rings is 1. The average Bonchev–Trinajstić information content (AvgIpc) is 3.06. The maximum atomic E-state index is 13.1. The van der Waals surface area contributed by atoms with E-state index in [-0.39, 0.29) is 11.3 Å². The SMILES string of the molecule is CCOc1ccc(/C(O)=C2/C(=O)C(=O)N(c3ccc(Br)cc3)C2c2ccncc2)cc1. The van der Waals surface area contributed by atoms with E-state index in [4.69, 9.17) is 4.74 Å². The second-order valence-electron chi connectivity index (χ2n) is 6.88. The number of anilines is 1. The largest absolute Gasteiger partial charge is 0.507 e. The van der Waals surface area contributed by atoms with E-state index in [1.807, 2.05) is 6.92 Å². The van der Waals surface area contributed by atoms with Gasteiger partial charge in [-0.05, 0) is 73.2 Å². The fraction of sp³-hybridized carbons (Fsp3) is 0.125. The zero-order valence-electron chi connectivity index (χ0n) is 16.7. The Morgan fingerprint density at radius 2 is 1.68 bits per heavy atom. The highest BCUT2D eigenvalue weighted by Crippen LogP contribution is 2.42. The van der Waals surface area contributed by atoms with Crippen LogP contribution in [0.5, 0.6) is 5.75 Å². The Balaban J connectivity index is 1.87. The highest BCUT2D eigenvalue weighted by molar-refractivity contribution is 9.10. The van der Waals surface area contributed by atoms with Crippen LogP contribution in [0.2, 0.25) is 0 Å². The van der Waals surface area contributed by atoms with Crippen LogP contribution in [0.15, 0.2) is 83.1 Å². The molecule has 2 aromatic carbocycles. The van der Waals surface area contributed by atoms with Crippen LogP contribution >= 0.6 is 15.9 Å². The molecule has 1 N–H and O–H groups in total. The second-order valence-corrected chi connectivity index (χ2v) is 7.80. The minimum absolute atomic E-state index is 0.0308. The first-order valence-corrected chi connectivity index (χ1v) is 10.5. The van der Waals surface area contributed by atoms with Crippen molar-refractivity contribution >= 4 is 39.1 Å². The third-order valence-corrected chi connectivity index (χ3v) is 5.54. The van der Waals surface area contributed by atoms with Crippen molar-refractivity contribution in [2.24, 2.45) is 0 Å². The van der Waals surface area contributed by atoms with E-state index in [0.717, 1.165) is 4.47 Å². The van der Waals surface area contributed by atoms with E-state index in [1.54, 1.807) is 73.1 Å². The molecule has 1 aliphatic rings. The Morgan fingerprint density at radius 1 is 1.03 bits per heavy atom. The van der Waals surface area contributed by atoms with Gasteiger partial charge in [-0.3, -0.25) is 19.5 Å². The molecule has 1 amide bonds. The van der Waals surface area contributed by atoms with Crippen molar-refractivity contribution in [2.75, 3.05) is 11.5 Å². The Kier molecular flexibility index (Phi) is 5.86. The van der Waals surface area contributed by atoms with Gasteiger partial charge in [-0.25, -0.2) is 0 Å². The molecule has 4 rings (SSSR count). The molecule has 3 aromatic rings. The number of halogens is 1. The number of rotatable bonds is 5. The van der Waals surface area contributed by atoms with Crippen molar-refractivity contribution in [2.45, 2.75) is 13.0 Å². The fourth-order valence-corrected chi connectivity index (χ4v) is 3.86. The van der Waals surface area contributed by atoms with Crippen LogP contribution in [-0.2, 0) is 9.59 Å². The van der Waals surface area contributed by atoms with E-state index >= 15 is 0 Å². The smallest absolute Gasteiger partial charge is 0.300 e. The molecule has 0 radical (unpaired) electrons. The first-order valence-electron chi connectivity index (χ1n) is 9.71. The molecule has 0 bridgehead atoms. The average molecular weight is 479 g/mol. The lowest BCUT2D eigenvalue weighted by Gasteiger charge is -2.25. The van der Waals surface area contributed by atoms with E-state index in [2.05, 4.69) is 20.9 Å². The first kappa shape index (κ1) is 20.8. The summed E-state index contributed by atoms with van der Waals surface area (Å²) in [5.74, 6) is -1.02. The molecule has 31 heavy (non-hydrogen) atoms. The number of aromatic nitrogens is 1. The molecule has 1 aromatic heterocycles. The lowest BCUT2D eigenvalue weighted by atomic mass is 9.96. The summed E-state index contributed by atoms with van der Waals surface area (Å²) in [5.41, 5.74) is 1.68. The van der Waals surface area contributed by atoms with Gasteiger partial charge in [0.25, 0.3) is 11.7 Å². The van der Waals surface area contributed by atoms with E-state index in [0.29, 0.717) is 29.2 Å². The Labute approximate surface area is 187 Å². The van der Waals surface area contributed by atoms with Crippen molar-refractivity contribution in [1.29, 1.82) is 0 Å². The molecule has 156 valence electrons. The number of ketones is 1. The van der Waals surface area contributed by atoms with Gasteiger partial charge in [0.2, 0.25) is 0 Å². The number of aliphatic hydroxyl groups excluding tert-OH is 1. The fourth-order valence-electron chi connectivity index (χ4n) is 3.59. The van der Waals surface area contributed by atoms with Gasteiger partial charge in [0, 0.05) is 28.1 Å². The number of Topliss-reactive ketones (excluding diaryl/α,β-unsaturated/α-hetero) is 1. The predicted octanol–water partition coefficient (Wildman–Crippen LogP) is 4.87. The summed E-state index contributed by atoms with van der Waals surface area (Å²) >= 11 is 3.39. The zero-order chi connectivity index (χ0) is 22.0. The lowest BCUT2D eigenvalue weighted by molar-refractivity contribution is -0.132. The summed E-state index contributed by atoms with van der Waals surface area (Å²) in [6.45, 7) is 2.40. The lowest BCUT2D eigenvalue weighted by Crippen LogP contribution is -2.29. The van der Waals surface area contributed by atoms with Crippen LogP contribution in [-0.4, -0.2) is 28.4 Å². The molecular formula is C24H19BrN2O4. The Hall–Kier alpha value is -3.45. The normalized spacial score (nSPS) is 17.7. The van der Waals surface area contributed by atoms with Gasteiger partial charge >= 0.3 is 0 Å². The Morgan fingerprint density at radius 3 is 2.29 bits per heavy atom. The predicted molar refractivity (Wildman–Crippen MR) is 121 cm³/mol. The summed E-state index contributed by atoms with van der Waals surface area (Å²) in [7, 11) is 0.